The minimum Gasteiger partial charge on any atom is -0.469 e. The third-order valence-electron chi connectivity index (χ3n) is 4.07. The molecule has 2 rings (SSSR count). The van der Waals surface area contributed by atoms with Gasteiger partial charge in [0.1, 0.15) is 18.5 Å². The largest absolute Gasteiger partial charge is 0.469 e. The van der Waals surface area contributed by atoms with Gasteiger partial charge in [0.15, 0.2) is 0 Å². The van der Waals surface area contributed by atoms with Gasteiger partial charge in [-0.1, -0.05) is 36.4 Å². The van der Waals surface area contributed by atoms with E-state index in [2.05, 4.69) is 4.74 Å². The summed E-state index contributed by atoms with van der Waals surface area (Å²) in [7, 11) is 1.22. The first-order valence-electron chi connectivity index (χ1n) is 9.06. The molecule has 0 amide bonds. The number of esters is 3. The van der Waals surface area contributed by atoms with E-state index in [4.69, 9.17) is 9.47 Å². The zero-order valence-electron chi connectivity index (χ0n) is 16.0. The maximum atomic E-state index is 12.4. The molecule has 2 aromatic rings. The molecular weight excluding hydrogens is 376 g/mol. The third-order valence-corrected chi connectivity index (χ3v) is 4.07. The number of benzene rings is 2. The monoisotopic (exact) mass is 398 g/mol. The van der Waals surface area contributed by atoms with Gasteiger partial charge in [-0.05, 0) is 24.3 Å². The molecule has 2 atom stereocenters. The highest BCUT2D eigenvalue weighted by molar-refractivity contribution is 5.90. The number of hydrogen-bond donors (Lipinski definition) is 0. The summed E-state index contributed by atoms with van der Waals surface area (Å²) in [5.41, 5.74) is 0.643. The molecule has 152 valence electrons. The van der Waals surface area contributed by atoms with E-state index < -0.39 is 30.1 Å². The molecular formula is C22H22O7. The Balaban J connectivity index is 2.10. The average Bonchev–Trinajstić information content (AvgIpc) is 2.74. The predicted molar refractivity (Wildman–Crippen MR) is 103 cm³/mol. The van der Waals surface area contributed by atoms with E-state index in [-0.39, 0.29) is 19.3 Å². The van der Waals surface area contributed by atoms with Crippen LogP contribution in [0, 0.1) is 0 Å². The molecule has 0 radical (unpaired) electrons. The Hall–Kier alpha value is -3.48. The van der Waals surface area contributed by atoms with E-state index >= 15 is 0 Å². The van der Waals surface area contributed by atoms with Crippen molar-refractivity contribution in [1.29, 1.82) is 0 Å². The fourth-order valence-corrected chi connectivity index (χ4v) is 2.62. The van der Waals surface area contributed by atoms with E-state index in [1.54, 1.807) is 60.7 Å². The van der Waals surface area contributed by atoms with E-state index in [0.29, 0.717) is 17.4 Å². The molecule has 7 nitrogen and oxygen atoms in total. The second kappa shape index (κ2) is 11.4. The zero-order chi connectivity index (χ0) is 21.1. The lowest BCUT2D eigenvalue weighted by Gasteiger charge is -2.22. The van der Waals surface area contributed by atoms with Gasteiger partial charge in [0.2, 0.25) is 0 Å². The summed E-state index contributed by atoms with van der Waals surface area (Å²) in [4.78, 5) is 47.4. The fourth-order valence-electron chi connectivity index (χ4n) is 2.62. The lowest BCUT2D eigenvalue weighted by molar-refractivity contribution is -0.143. The summed E-state index contributed by atoms with van der Waals surface area (Å²) in [6.45, 7) is 0. The Morgan fingerprint density at radius 1 is 0.828 bits per heavy atom. The molecule has 2 aromatic carbocycles. The lowest BCUT2D eigenvalue weighted by Crippen LogP contribution is -2.30. The first kappa shape index (κ1) is 21.8. The maximum Gasteiger partial charge on any atom is 0.338 e. The number of methoxy groups -OCH3 is 1. The summed E-state index contributed by atoms with van der Waals surface area (Å²) < 4.78 is 15.5. The number of rotatable bonds is 10. The Labute approximate surface area is 168 Å². The molecule has 0 bridgehead atoms. The van der Waals surface area contributed by atoms with E-state index in [0.717, 1.165) is 0 Å². The highest BCUT2D eigenvalue weighted by Gasteiger charge is 2.26. The van der Waals surface area contributed by atoms with Gasteiger partial charge in [-0.15, -0.1) is 0 Å². The molecule has 2 unspecified atom stereocenters. The van der Waals surface area contributed by atoms with E-state index in [1.165, 1.54) is 7.11 Å². The average molecular weight is 398 g/mol. The van der Waals surface area contributed by atoms with Crippen molar-refractivity contribution < 1.29 is 33.4 Å². The summed E-state index contributed by atoms with van der Waals surface area (Å²) in [5, 5.41) is 0. The Kier molecular flexibility index (Phi) is 8.56. The summed E-state index contributed by atoms with van der Waals surface area (Å²) >= 11 is 0. The van der Waals surface area contributed by atoms with Crippen molar-refractivity contribution in [2.45, 2.75) is 31.5 Å². The summed E-state index contributed by atoms with van der Waals surface area (Å²) in [5.74, 6) is -1.82. The van der Waals surface area contributed by atoms with Crippen LogP contribution in [0.25, 0.3) is 0 Å². The topological polar surface area (TPSA) is 96.0 Å². The van der Waals surface area contributed by atoms with Crippen LogP contribution in [0.3, 0.4) is 0 Å². The molecule has 0 saturated carbocycles. The SMILES string of the molecule is COC(=O)CC(CC(CC=O)OC(=O)c1ccccc1)OC(=O)c1ccccc1. The molecule has 0 N–H and O–H groups in total. The maximum absolute atomic E-state index is 12.4. The molecule has 0 fully saturated rings. The molecule has 0 aliphatic heterocycles. The van der Waals surface area contributed by atoms with E-state index in [9.17, 15) is 19.2 Å². The van der Waals surface area contributed by atoms with Crippen LogP contribution in [0.5, 0.6) is 0 Å². The standard InChI is InChI=1S/C22H22O7/c1-27-20(24)15-19(29-22(26)17-10-6-3-7-11-17)14-18(12-13-23)28-21(25)16-8-4-2-5-9-16/h2-11,13,18-19H,12,14-15H2,1H3. The van der Waals surface area contributed by atoms with Crippen LogP contribution in [0.15, 0.2) is 60.7 Å². The van der Waals surface area contributed by atoms with Gasteiger partial charge < -0.3 is 19.0 Å². The van der Waals surface area contributed by atoms with Crippen molar-refractivity contribution in [3.63, 3.8) is 0 Å². The quantitative estimate of drug-likeness (QED) is 0.345. The van der Waals surface area contributed by atoms with Crippen molar-refractivity contribution >= 4 is 24.2 Å². The van der Waals surface area contributed by atoms with Crippen LogP contribution in [-0.2, 0) is 23.8 Å². The third kappa shape index (κ3) is 7.21. The number of aldehydes is 1. The molecule has 29 heavy (non-hydrogen) atoms. The number of ether oxygens (including phenoxy) is 3. The van der Waals surface area contributed by atoms with Gasteiger partial charge in [0.05, 0.1) is 24.7 Å². The second-order valence-electron chi connectivity index (χ2n) is 6.21. The minimum absolute atomic E-state index is 0.0228. The Morgan fingerprint density at radius 3 is 1.76 bits per heavy atom. The lowest BCUT2D eigenvalue weighted by atomic mass is 10.1. The molecule has 0 aliphatic rings. The fraction of sp³-hybridized carbons (Fsp3) is 0.273. The zero-order valence-corrected chi connectivity index (χ0v) is 16.0. The second-order valence-corrected chi connectivity index (χ2v) is 6.21. The van der Waals surface area contributed by atoms with Gasteiger partial charge in [0, 0.05) is 12.8 Å². The van der Waals surface area contributed by atoms with E-state index in [1.807, 2.05) is 0 Å². The number of carbonyl (C=O) groups is 4. The smallest absolute Gasteiger partial charge is 0.338 e. The van der Waals surface area contributed by atoms with Crippen LogP contribution in [-0.4, -0.2) is 43.5 Å². The van der Waals surface area contributed by atoms with Crippen LogP contribution in [0.1, 0.15) is 40.0 Å². The predicted octanol–water partition coefficient (Wildman–Crippen LogP) is 2.98. The molecule has 0 saturated heterocycles. The highest BCUT2D eigenvalue weighted by Crippen LogP contribution is 2.17. The summed E-state index contributed by atoms with van der Waals surface area (Å²) in [6, 6.07) is 16.6. The van der Waals surface area contributed by atoms with Crippen LogP contribution < -0.4 is 0 Å². The molecule has 0 heterocycles. The molecule has 7 heteroatoms. The first-order chi connectivity index (χ1) is 14.0. The molecule has 0 aliphatic carbocycles. The van der Waals surface area contributed by atoms with Gasteiger partial charge in [0.25, 0.3) is 0 Å². The first-order valence-corrected chi connectivity index (χ1v) is 9.06. The van der Waals surface area contributed by atoms with Crippen molar-refractivity contribution in [3.05, 3.63) is 71.8 Å². The van der Waals surface area contributed by atoms with Gasteiger partial charge in [-0.3, -0.25) is 4.79 Å². The summed E-state index contributed by atoms with van der Waals surface area (Å²) in [6.07, 6.45) is -1.53. The van der Waals surface area contributed by atoms with Crippen molar-refractivity contribution in [3.8, 4) is 0 Å². The highest BCUT2D eigenvalue weighted by atomic mass is 16.6. The normalized spacial score (nSPS) is 12.3. The van der Waals surface area contributed by atoms with Gasteiger partial charge in [-0.2, -0.15) is 0 Å². The minimum atomic E-state index is -0.927. The number of carbonyl (C=O) groups excluding carboxylic acids is 4. The Bertz CT molecular complexity index is 818. The Morgan fingerprint density at radius 2 is 1.31 bits per heavy atom. The van der Waals surface area contributed by atoms with Crippen LogP contribution in [0.4, 0.5) is 0 Å². The van der Waals surface area contributed by atoms with Gasteiger partial charge in [-0.25, -0.2) is 9.59 Å². The van der Waals surface area contributed by atoms with Gasteiger partial charge >= 0.3 is 17.9 Å². The van der Waals surface area contributed by atoms with Crippen LogP contribution in [0.2, 0.25) is 0 Å². The number of hydrogen-bond acceptors (Lipinski definition) is 7. The van der Waals surface area contributed by atoms with Crippen molar-refractivity contribution in [1.82, 2.24) is 0 Å². The van der Waals surface area contributed by atoms with Crippen LogP contribution >= 0.6 is 0 Å². The molecule has 0 aromatic heterocycles. The molecule has 0 spiro atoms. The van der Waals surface area contributed by atoms with Crippen molar-refractivity contribution in [2.24, 2.45) is 0 Å². The van der Waals surface area contributed by atoms with Crippen molar-refractivity contribution in [2.75, 3.05) is 7.11 Å².